The Bertz CT molecular complexity index is 938. The summed E-state index contributed by atoms with van der Waals surface area (Å²) in [5, 5.41) is 4.41. The third kappa shape index (κ3) is 3.61. The van der Waals surface area contributed by atoms with Gasteiger partial charge in [0.25, 0.3) is 0 Å². The summed E-state index contributed by atoms with van der Waals surface area (Å²) in [4.78, 5) is 16.6. The van der Waals surface area contributed by atoms with Gasteiger partial charge in [-0.2, -0.15) is 0 Å². The van der Waals surface area contributed by atoms with Crippen molar-refractivity contribution in [3.63, 3.8) is 0 Å². The van der Waals surface area contributed by atoms with Crippen molar-refractivity contribution >= 4 is 28.2 Å². The summed E-state index contributed by atoms with van der Waals surface area (Å²) in [6.07, 6.45) is 0.152. The molecule has 0 fully saturated rings. The van der Waals surface area contributed by atoms with Crippen LogP contribution in [0.4, 0.5) is 11.4 Å². The van der Waals surface area contributed by atoms with Gasteiger partial charge in [-0.15, -0.1) is 0 Å². The van der Waals surface area contributed by atoms with Crippen LogP contribution >= 0.6 is 0 Å². The first kappa shape index (κ1) is 17.7. The highest BCUT2D eigenvalue weighted by Crippen LogP contribution is 2.35. The average molecular weight is 350 g/mol. The zero-order chi connectivity index (χ0) is 18.5. The molecule has 0 aliphatic rings. The number of ether oxygens (including phenoxy) is 2. The number of nitrogens with one attached hydrogen (secondary N) is 1. The third-order valence-electron chi connectivity index (χ3n) is 4.20. The summed E-state index contributed by atoms with van der Waals surface area (Å²) in [5.74, 6) is 0.462. The van der Waals surface area contributed by atoms with Crippen LogP contribution in [0.5, 0.6) is 5.75 Å². The zero-order valence-corrected chi connectivity index (χ0v) is 15.2. The Morgan fingerprint density at radius 1 is 1.12 bits per heavy atom. The molecule has 2 aromatic carbocycles. The largest absolute Gasteiger partial charge is 0.492 e. The molecule has 0 atom stereocenters. The number of rotatable bonds is 6. The molecule has 1 aromatic heterocycles. The molecule has 3 rings (SSSR count). The second-order valence-corrected chi connectivity index (χ2v) is 5.87. The second kappa shape index (κ2) is 7.87. The molecule has 5 nitrogen and oxygen atoms in total. The quantitative estimate of drug-likeness (QED) is 0.668. The molecule has 0 aliphatic heterocycles. The van der Waals surface area contributed by atoms with Gasteiger partial charge >= 0.3 is 5.97 Å². The number of carbonyl (C=O) groups excluding carboxylic acids is 1. The number of aryl methyl sites for hydroxylation is 1. The van der Waals surface area contributed by atoms with E-state index in [1.54, 1.807) is 0 Å². The maximum Gasteiger partial charge on any atom is 0.310 e. The van der Waals surface area contributed by atoms with Crippen molar-refractivity contribution in [3.05, 3.63) is 59.8 Å². The normalized spacial score (nSPS) is 10.6. The van der Waals surface area contributed by atoms with Crippen molar-refractivity contribution in [2.75, 3.05) is 19.0 Å². The molecule has 0 bridgehead atoms. The minimum absolute atomic E-state index is 0.152. The third-order valence-corrected chi connectivity index (χ3v) is 4.20. The van der Waals surface area contributed by atoms with Crippen molar-refractivity contribution < 1.29 is 14.3 Å². The highest BCUT2D eigenvalue weighted by molar-refractivity contribution is 5.97. The minimum Gasteiger partial charge on any atom is -0.492 e. The number of methoxy groups -OCH3 is 1. The van der Waals surface area contributed by atoms with Gasteiger partial charge in [0.15, 0.2) is 0 Å². The fraction of sp³-hybridized carbons (Fsp3) is 0.238. The molecule has 0 amide bonds. The highest BCUT2D eigenvalue weighted by atomic mass is 16.5. The van der Waals surface area contributed by atoms with Crippen molar-refractivity contribution in [2.45, 2.75) is 20.3 Å². The van der Waals surface area contributed by atoms with Gasteiger partial charge < -0.3 is 14.8 Å². The van der Waals surface area contributed by atoms with Crippen LogP contribution in [0.2, 0.25) is 0 Å². The summed E-state index contributed by atoms with van der Waals surface area (Å²) in [7, 11) is 1.39. The van der Waals surface area contributed by atoms with Gasteiger partial charge in [0.05, 0.1) is 37.0 Å². The lowest BCUT2D eigenvalue weighted by Crippen LogP contribution is -2.10. The molecule has 1 heterocycles. The van der Waals surface area contributed by atoms with Gasteiger partial charge in [-0.05, 0) is 32.0 Å². The van der Waals surface area contributed by atoms with Crippen molar-refractivity contribution in [1.29, 1.82) is 0 Å². The number of esters is 1. The summed E-state index contributed by atoms with van der Waals surface area (Å²) in [6.45, 7) is 4.43. The first-order chi connectivity index (χ1) is 12.6. The van der Waals surface area contributed by atoms with Gasteiger partial charge in [-0.1, -0.05) is 30.3 Å². The monoisotopic (exact) mass is 350 g/mol. The van der Waals surface area contributed by atoms with E-state index in [-0.39, 0.29) is 12.4 Å². The number of pyridine rings is 1. The molecular formula is C21H22N2O3. The summed E-state index contributed by atoms with van der Waals surface area (Å²) < 4.78 is 10.6. The molecule has 0 saturated heterocycles. The number of benzene rings is 2. The second-order valence-electron chi connectivity index (χ2n) is 5.87. The van der Waals surface area contributed by atoms with E-state index in [0.29, 0.717) is 6.61 Å². The molecule has 0 aliphatic carbocycles. The lowest BCUT2D eigenvalue weighted by molar-refractivity contribution is -0.139. The number of anilines is 2. The Hall–Kier alpha value is -3.08. The molecule has 0 radical (unpaired) electrons. The topological polar surface area (TPSA) is 60.5 Å². The maximum absolute atomic E-state index is 11.9. The number of hydrogen-bond donors (Lipinski definition) is 1. The fourth-order valence-electron chi connectivity index (χ4n) is 2.94. The van der Waals surface area contributed by atoms with Crippen LogP contribution in [0.1, 0.15) is 18.2 Å². The van der Waals surface area contributed by atoms with E-state index in [9.17, 15) is 4.79 Å². The number of nitrogens with zero attached hydrogens (tertiary/aromatic N) is 1. The Labute approximate surface area is 153 Å². The molecule has 5 heteroatoms. The van der Waals surface area contributed by atoms with Crippen LogP contribution < -0.4 is 10.1 Å². The van der Waals surface area contributed by atoms with Gasteiger partial charge in [0.2, 0.25) is 0 Å². The smallest absolute Gasteiger partial charge is 0.310 e. The lowest BCUT2D eigenvalue weighted by Gasteiger charge is -2.18. The van der Waals surface area contributed by atoms with Crippen molar-refractivity contribution in [3.8, 4) is 5.75 Å². The van der Waals surface area contributed by atoms with E-state index in [0.717, 1.165) is 39.3 Å². The maximum atomic E-state index is 11.9. The Morgan fingerprint density at radius 2 is 1.85 bits per heavy atom. The van der Waals surface area contributed by atoms with Crippen molar-refractivity contribution in [1.82, 2.24) is 4.98 Å². The predicted octanol–water partition coefficient (Wildman–Crippen LogP) is 4.40. The Kier molecular flexibility index (Phi) is 5.37. The van der Waals surface area contributed by atoms with Gasteiger partial charge in [0, 0.05) is 16.6 Å². The van der Waals surface area contributed by atoms with Gasteiger partial charge in [-0.3, -0.25) is 9.78 Å². The first-order valence-corrected chi connectivity index (χ1v) is 8.58. The van der Waals surface area contributed by atoms with Crippen LogP contribution in [-0.4, -0.2) is 24.7 Å². The molecule has 1 N–H and O–H groups in total. The number of para-hydroxylation sites is 3. The van der Waals surface area contributed by atoms with E-state index in [1.165, 1.54) is 7.11 Å². The molecule has 26 heavy (non-hydrogen) atoms. The van der Waals surface area contributed by atoms with Crippen LogP contribution in [0.15, 0.2) is 48.5 Å². The summed E-state index contributed by atoms with van der Waals surface area (Å²) in [5.41, 5.74) is 4.18. The van der Waals surface area contributed by atoms with E-state index in [1.807, 2.05) is 62.4 Å². The van der Waals surface area contributed by atoms with E-state index < -0.39 is 0 Å². The SMILES string of the molecule is CCOc1ccccc1Nc1c(CC(=O)OC)c(C)nc2ccccc12. The number of hydrogen-bond acceptors (Lipinski definition) is 5. The Balaban J connectivity index is 2.16. The molecular weight excluding hydrogens is 328 g/mol. The molecule has 0 saturated carbocycles. The number of carbonyl (C=O) groups is 1. The zero-order valence-electron chi connectivity index (χ0n) is 15.2. The molecule has 3 aromatic rings. The minimum atomic E-state index is -0.300. The molecule has 134 valence electrons. The van der Waals surface area contributed by atoms with Gasteiger partial charge in [-0.25, -0.2) is 0 Å². The van der Waals surface area contributed by atoms with Crippen molar-refractivity contribution in [2.24, 2.45) is 0 Å². The van der Waals surface area contributed by atoms with Crippen LogP contribution in [0, 0.1) is 6.92 Å². The summed E-state index contributed by atoms with van der Waals surface area (Å²) >= 11 is 0. The highest BCUT2D eigenvalue weighted by Gasteiger charge is 2.17. The standard InChI is InChI=1S/C21H22N2O3/c1-4-26-19-12-8-7-11-18(19)23-21-15-9-5-6-10-17(15)22-14(2)16(21)13-20(24)25-3/h5-12H,4,13H2,1-3H3,(H,22,23). The summed E-state index contributed by atoms with van der Waals surface area (Å²) in [6, 6.07) is 15.6. The van der Waals surface area contributed by atoms with E-state index in [4.69, 9.17) is 9.47 Å². The molecule has 0 unspecified atom stereocenters. The van der Waals surface area contributed by atoms with E-state index in [2.05, 4.69) is 10.3 Å². The Morgan fingerprint density at radius 3 is 2.62 bits per heavy atom. The van der Waals surface area contributed by atoms with Crippen LogP contribution in [-0.2, 0) is 16.0 Å². The van der Waals surface area contributed by atoms with Crippen LogP contribution in [0.25, 0.3) is 10.9 Å². The average Bonchev–Trinajstić information content (AvgIpc) is 2.65. The number of aromatic nitrogens is 1. The predicted molar refractivity (Wildman–Crippen MR) is 103 cm³/mol. The first-order valence-electron chi connectivity index (χ1n) is 8.58. The molecule has 0 spiro atoms. The number of fused-ring (bicyclic) bond motifs is 1. The van der Waals surface area contributed by atoms with Crippen LogP contribution in [0.3, 0.4) is 0 Å². The fourth-order valence-corrected chi connectivity index (χ4v) is 2.94. The van der Waals surface area contributed by atoms with E-state index >= 15 is 0 Å². The van der Waals surface area contributed by atoms with Gasteiger partial charge in [0.1, 0.15) is 5.75 Å². The lowest BCUT2D eigenvalue weighted by atomic mass is 10.0.